The summed E-state index contributed by atoms with van der Waals surface area (Å²) in [5.41, 5.74) is 5.96. The van der Waals surface area contributed by atoms with Gasteiger partial charge in [0.05, 0.1) is 6.61 Å². The van der Waals surface area contributed by atoms with E-state index in [0.29, 0.717) is 6.61 Å². The standard InChI is InChI=1S/C12H26N2O/c1-14(9-11(13)10-15-2)12-7-5-3-4-6-8-12/h11-12H,3-10,13H2,1-2H3. The highest BCUT2D eigenvalue weighted by atomic mass is 16.5. The van der Waals surface area contributed by atoms with E-state index in [9.17, 15) is 0 Å². The molecule has 0 amide bonds. The largest absolute Gasteiger partial charge is 0.383 e. The van der Waals surface area contributed by atoms with Crippen LogP contribution in [0.15, 0.2) is 0 Å². The van der Waals surface area contributed by atoms with Crippen LogP contribution in [0.3, 0.4) is 0 Å². The van der Waals surface area contributed by atoms with Crippen molar-refractivity contribution in [2.75, 3.05) is 27.3 Å². The highest BCUT2D eigenvalue weighted by molar-refractivity contribution is 4.75. The Balaban J connectivity index is 2.27. The number of ether oxygens (including phenoxy) is 1. The fraction of sp³-hybridized carbons (Fsp3) is 1.00. The zero-order chi connectivity index (χ0) is 11.1. The average Bonchev–Trinajstić information content (AvgIpc) is 2.45. The Bertz CT molecular complexity index is 156. The summed E-state index contributed by atoms with van der Waals surface area (Å²) in [5.74, 6) is 0. The molecule has 1 aliphatic carbocycles. The maximum absolute atomic E-state index is 5.96. The first-order chi connectivity index (χ1) is 7.24. The molecule has 1 unspecified atom stereocenters. The lowest BCUT2D eigenvalue weighted by molar-refractivity contribution is 0.142. The van der Waals surface area contributed by atoms with Crippen LogP contribution in [0.25, 0.3) is 0 Å². The third-order valence-electron chi connectivity index (χ3n) is 3.35. The van der Waals surface area contributed by atoms with Crippen LogP contribution in [0.1, 0.15) is 38.5 Å². The lowest BCUT2D eigenvalue weighted by atomic mass is 10.1. The SMILES string of the molecule is COCC(N)CN(C)C1CCCCCC1. The molecule has 0 aromatic heterocycles. The van der Waals surface area contributed by atoms with Crippen LogP contribution in [0.5, 0.6) is 0 Å². The molecule has 1 rings (SSSR count). The van der Waals surface area contributed by atoms with E-state index < -0.39 is 0 Å². The van der Waals surface area contributed by atoms with Crippen molar-refractivity contribution in [2.24, 2.45) is 5.73 Å². The topological polar surface area (TPSA) is 38.5 Å². The zero-order valence-electron chi connectivity index (χ0n) is 10.2. The van der Waals surface area contributed by atoms with Crippen molar-refractivity contribution in [3.63, 3.8) is 0 Å². The summed E-state index contributed by atoms with van der Waals surface area (Å²) >= 11 is 0. The summed E-state index contributed by atoms with van der Waals surface area (Å²) in [6.45, 7) is 1.62. The van der Waals surface area contributed by atoms with Gasteiger partial charge in [0.2, 0.25) is 0 Å². The average molecular weight is 214 g/mol. The first-order valence-corrected chi connectivity index (χ1v) is 6.18. The lowest BCUT2D eigenvalue weighted by Gasteiger charge is -2.29. The molecular formula is C12H26N2O. The fourth-order valence-electron chi connectivity index (χ4n) is 2.48. The first-order valence-electron chi connectivity index (χ1n) is 6.18. The van der Waals surface area contributed by atoms with Crippen molar-refractivity contribution in [3.8, 4) is 0 Å². The van der Waals surface area contributed by atoms with E-state index in [-0.39, 0.29) is 6.04 Å². The number of nitrogens with zero attached hydrogens (tertiary/aromatic N) is 1. The fourth-order valence-corrected chi connectivity index (χ4v) is 2.48. The molecule has 0 spiro atoms. The van der Waals surface area contributed by atoms with Gasteiger partial charge in [-0.3, -0.25) is 0 Å². The molecule has 15 heavy (non-hydrogen) atoms. The Morgan fingerprint density at radius 1 is 1.27 bits per heavy atom. The number of nitrogens with two attached hydrogens (primary N) is 1. The van der Waals surface area contributed by atoms with Crippen LogP contribution in [0, 0.1) is 0 Å². The van der Waals surface area contributed by atoms with Crippen molar-refractivity contribution in [1.82, 2.24) is 4.90 Å². The van der Waals surface area contributed by atoms with Crippen LogP contribution in [-0.4, -0.2) is 44.3 Å². The first kappa shape index (κ1) is 12.9. The number of hydrogen-bond acceptors (Lipinski definition) is 3. The Hall–Kier alpha value is -0.120. The Labute approximate surface area is 94.0 Å². The molecule has 0 aromatic rings. The molecule has 0 aromatic carbocycles. The molecule has 1 atom stereocenters. The molecule has 0 radical (unpaired) electrons. The van der Waals surface area contributed by atoms with Crippen molar-refractivity contribution in [1.29, 1.82) is 0 Å². The third-order valence-corrected chi connectivity index (χ3v) is 3.35. The summed E-state index contributed by atoms with van der Waals surface area (Å²) in [4.78, 5) is 2.43. The van der Waals surface area contributed by atoms with Gasteiger partial charge >= 0.3 is 0 Å². The molecule has 1 aliphatic rings. The molecule has 0 aliphatic heterocycles. The predicted molar refractivity (Wildman–Crippen MR) is 64.0 cm³/mol. The zero-order valence-corrected chi connectivity index (χ0v) is 10.2. The minimum absolute atomic E-state index is 0.156. The summed E-state index contributed by atoms with van der Waals surface area (Å²) in [7, 11) is 3.91. The molecule has 1 fully saturated rings. The molecule has 1 saturated carbocycles. The van der Waals surface area contributed by atoms with Crippen molar-refractivity contribution >= 4 is 0 Å². The van der Waals surface area contributed by atoms with Gasteiger partial charge in [-0.05, 0) is 19.9 Å². The summed E-state index contributed by atoms with van der Waals surface area (Å²) in [6, 6.07) is 0.902. The summed E-state index contributed by atoms with van der Waals surface area (Å²) in [6.07, 6.45) is 8.28. The van der Waals surface area contributed by atoms with E-state index >= 15 is 0 Å². The molecule has 3 heteroatoms. The van der Waals surface area contributed by atoms with Gasteiger partial charge in [-0.2, -0.15) is 0 Å². The summed E-state index contributed by atoms with van der Waals surface area (Å²) in [5, 5.41) is 0. The van der Waals surface area contributed by atoms with E-state index in [4.69, 9.17) is 10.5 Å². The Kier molecular flexibility index (Phi) is 6.22. The van der Waals surface area contributed by atoms with E-state index in [0.717, 1.165) is 12.6 Å². The normalized spacial score (nSPS) is 21.6. The Morgan fingerprint density at radius 2 is 1.87 bits per heavy atom. The van der Waals surface area contributed by atoms with Crippen molar-refractivity contribution in [3.05, 3.63) is 0 Å². The molecule has 2 N–H and O–H groups in total. The second kappa shape index (κ2) is 7.20. The van der Waals surface area contributed by atoms with Crippen molar-refractivity contribution in [2.45, 2.75) is 50.6 Å². The second-order valence-corrected chi connectivity index (χ2v) is 4.80. The van der Waals surface area contributed by atoms with Gasteiger partial charge in [0.15, 0.2) is 0 Å². The highest BCUT2D eigenvalue weighted by Crippen LogP contribution is 2.20. The molecule has 90 valence electrons. The quantitative estimate of drug-likeness (QED) is 0.707. The van der Waals surface area contributed by atoms with Crippen LogP contribution >= 0.6 is 0 Å². The van der Waals surface area contributed by atoms with E-state index in [1.54, 1.807) is 7.11 Å². The van der Waals surface area contributed by atoms with Crippen LogP contribution in [0.2, 0.25) is 0 Å². The van der Waals surface area contributed by atoms with Crippen molar-refractivity contribution < 1.29 is 4.74 Å². The lowest BCUT2D eigenvalue weighted by Crippen LogP contribution is -2.43. The van der Waals surface area contributed by atoms with Gasteiger partial charge in [-0.1, -0.05) is 25.7 Å². The second-order valence-electron chi connectivity index (χ2n) is 4.80. The number of hydrogen-bond donors (Lipinski definition) is 1. The summed E-state index contributed by atoms with van der Waals surface area (Å²) < 4.78 is 5.06. The molecule has 3 nitrogen and oxygen atoms in total. The maximum Gasteiger partial charge on any atom is 0.0626 e. The Morgan fingerprint density at radius 3 is 2.40 bits per heavy atom. The molecule has 0 saturated heterocycles. The monoisotopic (exact) mass is 214 g/mol. The number of methoxy groups -OCH3 is 1. The van der Waals surface area contributed by atoms with Crippen LogP contribution < -0.4 is 5.73 Å². The number of rotatable bonds is 5. The van der Waals surface area contributed by atoms with E-state index in [1.165, 1.54) is 38.5 Å². The minimum Gasteiger partial charge on any atom is -0.383 e. The van der Waals surface area contributed by atoms with E-state index in [2.05, 4.69) is 11.9 Å². The van der Waals surface area contributed by atoms with Gasteiger partial charge in [0, 0.05) is 25.7 Å². The number of likely N-dealkylation sites (N-methyl/N-ethyl adjacent to an activating group) is 1. The van der Waals surface area contributed by atoms with Gasteiger partial charge in [-0.25, -0.2) is 0 Å². The molecule has 0 heterocycles. The van der Waals surface area contributed by atoms with Gasteiger partial charge in [0.25, 0.3) is 0 Å². The minimum atomic E-state index is 0.156. The highest BCUT2D eigenvalue weighted by Gasteiger charge is 2.18. The van der Waals surface area contributed by atoms with Gasteiger partial charge < -0.3 is 15.4 Å². The maximum atomic E-state index is 5.96. The molecule has 0 bridgehead atoms. The van der Waals surface area contributed by atoms with Crippen LogP contribution in [0.4, 0.5) is 0 Å². The van der Waals surface area contributed by atoms with E-state index in [1.807, 2.05) is 0 Å². The predicted octanol–water partition coefficient (Wildman–Crippen LogP) is 1.61. The van der Waals surface area contributed by atoms with Gasteiger partial charge in [0.1, 0.15) is 0 Å². The smallest absolute Gasteiger partial charge is 0.0626 e. The third kappa shape index (κ3) is 4.96. The van der Waals surface area contributed by atoms with Gasteiger partial charge in [-0.15, -0.1) is 0 Å². The van der Waals surface area contributed by atoms with Crippen LogP contribution in [-0.2, 0) is 4.74 Å². The molecular weight excluding hydrogens is 188 g/mol.